The number of ether oxygens (including phenoxy) is 1. The van der Waals surface area contributed by atoms with Gasteiger partial charge in [-0.3, -0.25) is 4.79 Å². The molecule has 120 valence electrons. The zero-order valence-electron chi connectivity index (χ0n) is 13.3. The Kier molecular flexibility index (Phi) is 6.01. The summed E-state index contributed by atoms with van der Waals surface area (Å²) in [5.74, 6) is 0.626. The normalized spacial score (nSPS) is 22.0. The fraction of sp³-hybridized carbons (Fsp3) is 0.500. The number of hydrogen-bond acceptors (Lipinski definition) is 3. The lowest BCUT2D eigenvalue weighted by Gasteiger charge is -2.27. The highest BCUT2D eigenvalue weighted by Crippen LogP contribution is 2.18. The van der Waals surface area contributed by atoms with Crippen LogP contribution in [-0.2, 0) is 4.79 Å². The molecule has 1 aliphatic carbocycles. The minimum Gasteiger partial charge on any atom is -0.491 e. The Bertz CT molecular complexity index is 525. The molecule has 1 aromatic carbocycles. The minimum atomic E-state index is -0.422. The third-order valence-corrected chi connectivity index (χ3v) is 3.71. The van der Waals surface area contributed by atoms with E-state index in [1.165, 1.54) is 6.08 Å². The van der Waals surface area contributed by atoms with Crippen LogP contribution in [-0.4, -0.2) is 29.3 Å². The Morgan fingerprint density at radius 3 is 2.86 bits per heavy atom. The summed E-state index contributed by atoms with van der Waals surface area (Å²) in [4.78, 5) is 12.0. The third-order valence-electron chi connectivity index (χ3n) is 3.71. The first-order valence-corrected chi connectivity index (χ1v) is 7.98. The molecule has 0 saturated heterocycles. The van der Waals surface area contributed by atoms with E-state index in [2.05, 4.69) is 5.32 Å². The lowest BCUT2D eigenvalue weighted by molar-refractivity contribution is -0.118. The molecule has 2 atom stereocenters. The summed E-state index contributed by atoms with van der Waals surface area (Å²) in [6.45, 7) is 3.96. The molecule has 22 heavy (non-hydrogen) atoms. The van der Waals surface area contributed by atoms with E-state index >= 15 is 0 Å². The number of benzene rings is 1. The molecular weight excluding hydrogens is 278 g/mol. The van der Waals surface area contributed by atoms with Crippen LogP contribution in [0.2, 0.25) is 0 Å². The van der Waals surface area contributed by atoms with Crippen LogP contribution < -0.4 is 10.1 Å². The summed E-state index contributed by atoms with van der Waals surface area (Å²) in [5.41, 5.74) is 0.914. The first-order valence-electron chi connectivity index (χ1n) is 7.98. The summed E-state index contributed by atoms with van der Waals surface area (Å²) in [6.07, 6.45) is 6.67. The monoisotopic (exact) mass is 303 g/mol. The van der Waals surface area contributed by atoms with Gasteiger partial charge in [0.25, 0.3) is 0 Å². The SMILES string of the molecule is CC(C)Oc1cccc(/C=C/C(=O)NC2CCCCC2O)c1. The molecule has 0 bridgehead atoms. The smallest absolute Gasteiger partial charge is 0.244 e. The van der Waals surface area contributed by atoms with Crippen molar-refractivity contribution in [3.63, 3.8) is 0 Å². The maximum absolute atomic E-state index is 12.0. The number of hydrogen-bond donors (Lipinski definition) is 2. The zero-order chi connectivity index (χ0) is 15.9. The largest absolute Gasteiger partial charge is 0.491 e. The summed E-state index contributed by atoms with van der Waals surface area (Å²) in [5, 5.41) is 12.7. The van der Waals surface area contributed by atoms with Gasteiger partial charge in [-0.15, -0.1) is 0 Å². The van der Waals surface area contributed by atoms with Gasteiger partial charge in [-0.25, -0.2) is 0 Å². The van der Waals surface area contributed by atoms with Crippen molar-refractivity contribution in [2.45, 2.75) is 57.8 Å². The Morgan fingerprint density at radius 2 is 2.14 bits per heavy atom. The van der Waals surface area contributed by atoms with Crippen molar-refractivity contribution in [3.8, 4) is 5.75 Å². The van der Waals surface area contributed by atoms with Crippen molar-refractivity contribution in [1.82, 2.24) is 5.32 Å². The third kappa shape index (κ3) is 5.19. The van der Waals surface area contributed by atoms with E-state index in [1.807, 2.05) is 38.1 Å². The molecule has 1 saturated carbocycles. The molecule has 2 rings (SSSR count). The molecule has 2 N–H and O–H groups in total. The number of aliphatic hydroxyl groups is 1. The molecule has 0 radical (unpaired) electrons. The maximum atomic E-state index is 12.0. The zero-order valence-corrected chi connectivity index (χ0v) is 13.3. The minimum absolute atomic E-state index is 0.121. The fourth-order valence-electron chi connectivity index (χ4n) is 2.65. The average molecular weight is 303 g/mol. The standard InChI is InChI=1S/C18H25NO3/c1-13(2)22-15-7-5-6-14(12-15)10-11-18(21)19-16-8-3-4-9-17(16)20/h5-7,10-13,16-17,20H,3-4,8-9H2,1-2H3,(H,19,21)/b11-10+. The summed E-state index contributed by atoms with van der Waals surface area (Å²) in [6, 6.07) is 7.50. The number of aliphatic hydroxyl groups excluding tert-OH is 1. The van der Waals surface area contributed by atoms with Crippen molar-refractivity contribution in [1.29, 1.82) is 0 Å². The van der Waals surface area contributed by atoms with Crippen molar-refractivity contribution in [3.05, 3.63) is 35.9 Å². The second-order valence-electron chi connectivity index (χ2n) is 6.04. The van der Waals surface area contributed by atoms with Crippen molar-refractivity contribution in [2.75, 3.05) is 0 Å². The van der Waals surface area contributed by atoms with Crippen LogP contribution in [0.15, 0.2) is 30.3 Å². The van der Waals surface area contributed by atoms with Gasteiger partial charge in [-0.05, 0) is 50.5 Å². The topological polar surface area (TPSA) is 58.6 Å². The Balaban J connectivity index is 1.91. The molecule has 2 unspecified atom stereocenters. The van der Waals surface area contributed by atoms with Crippen LogP contribution >= 0.6 is 0 Å². The predicted molar refractivity (Wildman–Crippen MR) is 87.6 cm³/mol. The first kappa shape index (κ1) is 16.6. The van der Waals surface area contributed by atoms with Gasteiger partial charge in [-0.2, -0.15) is 0 Å². The highest BCUT2D eigenvalue weighted by molar-refractivity contribution is 5.92. The molecule has 0 aliphatic heterocycles. The van der Waals surface area contributed by atoms with Gasteiger partial charge in [0, 0.05) is 6.08 Å². The number of rotatable bonds is 5. The summed E-state index contributed by atoms with van der Waals surface area (Å²) < 4.78 is 5.63. The van der Waals surface area contributed by atoms with E-state index in [0.29, 0.717) is 0 Å². The van der Waals surface area contributed by atoms with Crippen molar-refractivity contribution < 1.29 is 14.6 Å². The molecule has 1 fully saturated rings. The lowest BCUT2D eigenvalue weighted by atomic mass is 9.92. The Labute approximate surface area is 132 Å². The van der Waals surface area contributed by atoms with Gasteiger partial charge in [0.15, 0.2) is 0 Å². The Morgan fingerprint density at radius 1 is 1.36 bits per heavy atom. The maximum Gasteiger partial charge on any atom is 0.244 e. The van der Waals surface area contributed by atoms with Crippen LogP contribution in [0, 0.1) is 0 Å². The summed E-state index contributed by atoms with van der Waals surface area (Å²) in [7, 11) is 0. The molecule has 4 nitrogen and oxygen atoms in total. The highest BCUT2D eigenvalue weighted by atomic mass is 16.5. The van der Waals surface area contributed by atoms with E-state index < -0.39 is 6.10 Å². The van der Waals surface area contributed by atoms with Gasteiger partial charge in [0.2, 0.25) is 5.91 Å². The van der Waals surface area contributed by atoms with Gasteiger partial charge in [0.05, 0.1) is 18.2 Å². The van der Waals surface area contributed by atoms with Crippen LogP contribution in [0.4, 0.5) is 0 Å². The van der Waals surface area contributed by atoms with Gasteiger partial charge in [0.1, 0.15) is 5.75 Å². The van der Waals surface area contributed by atoms with E-state index in [1.54, 1.807) is 6.08 Å². The molecule has 4 heteroatoms. The molecule has 0 spiro atoms. The van der Waals surface area contributed by atoms with Crippen LogP contribution in [0.25, 0.3) is 6.08 Å². The number of nitrogens with one attached hydrogen (secondary N) is 1. The number of carbonyl (C=O) groups excluding carboxylic acids is 1. The first-order chi connectivity index (χ1) is 10.5. The quantitative estimate of drug-likeness (QED) is 0.822. The van der Waals surface area contributed by atoms with E-state index in [4.69, 9.17) is 4.74 Å². The molecule has 1 amide bonds. The van der Waals surface area contributed by atoms with E-state index in [0.717, 1.165) is 37.0 Å². The molecule has 1 aromatic rings. The average Bonchev–Trinajstić information content (AvgIpc) is 2.47. The van der Waals surface area contributed by atoms with E-state index in [-0.39, 0.29) is 18.1 Å². The van der Waals surface area contributed by atoms with E-state index in [9.17, 15) is 9.90 Å². The van der Waals surface area contributed by atoms with Gasteiger partial charge < -0.3 is 15.2 Å². The van der Waals surface area contributed by atoms with Crippen molar-refractivity contribution in [2.24, 2.45) is 0 Å². The van der Waals surface area contributed by atoms with Gasteiger partial charge in [-0.1, -0.05) is 25.0 Å². The van der Waals surface area contributed by atoms with Crippen molar-refractivity contribution >= 4 is 12.0 Å². The second kappa shape index (κ2) is 7.99. The fourth-order valence-corrected chi connectivity index (χ4v) is 2.65. The summed E-state index contributed by atoms with van der Waals surface area (Å²) >= 11 is 0. The molecule has 0 aromatic heterocycles. The second-order valence-corrected chi connectivity index (χ2v) is 6.04. The number of carbonyl (C=O) groups is 1. The van der Waals surface area contributed by atoms with Gasteiger partial charge >= 0.3 is 0 Å². The predicted octanol–water partition coefficient (Wildman–Crippen LogP) is 2.91. The lowest BCUT2D eigenvalue weighted by Crippen LogP contribution is -2.44. The highest BCUT2D eigenvalue weighted by Gasteiger charge is 2.23. The van der Waals surface area contributed by atoms with Crippen LogP contribution in [0.1, 0.15) is 45.1 Å². The van der Waals surface area contributed by atoms with Crippen LogP contribution in [0.5, 0.6) is 5.75 Å². The molecular formula is C18H25NO3. The van der Waals surface area contributed by atoms with Crippen LogP contribution in [0.3, 0.4) is 0 Å². The molecule has 0 heterocycles. The molecule has 1 aliphatic rings. The number of amides is 1. The Hall–Kier alpha value is -1.81.